The number of benzene rings is 1. The number of aliphatic hydroxyl groups excluding tert-OH is 1. The molecule has 3 rings (SSSR count). The normalized spacial score (nSPS) is 19.3. The molecule has 1 aliphatic carbocycles. The van der Waals surface area contributed by atoms with Crippen LogP contribution >= 0.6 is 0 Å². The second-order valence-electron chi connectivity index (χ2n) is 5.90. The van der Waals surface area contributed by atoms with Gasteiger partial charge in [-0.25, -0.2) is 0 Å². The Labute approximate surface area is 125 Å². The fourth-order valence-electron chi connectivity index (χ4n) is 3.24. The molecule has 112 valence electrons. The third kappa shape index (κ3) is 2.87. The number of nitrogens with zero attached hydrogens (tertiary/aromatic N) is 2. The molecule has 1 heterocycles. The van der Waals surface area contributed by atoms with Crippen molar-refractivity contribution in [1.82, 2.24) is 15.1 Å². The largest absolute Gasteiger partial charge is 0.387 e. The van der Waals surface area contributed by atoms with Gasteiger partial charge in [-0.05, 0) is 37.3 Å². The summed E-state index contributed by atoms with van der Waals surface area (Å²) < 4.78 is 1.97. The Morgan fingerprint density at radius 3 is 3.05 bits per heavy atom. The molecule has 0 spiro atoms. The van der Waals surface area contributed by atoms with Gasteiger partial charge in [-0.1, -0.05) is 24.3 Å². The molecule has 0 aliphatic heterocycles. The first-order valence-corrected chi connectivity index (χ1v) is 7.64. The van der Waals surface area contributed by atoms with Gasteiger partial charge in [0.1, 0.15) is 0 Å². The summed E-state index contributed by atoms with van der Waals surface area (Å²) in [4.78, 5) is 0. The van der Waals surface area contributed by atoms with Crippen molar-refractivity contribution in [2.75, 3.05) is 6.54 Å². The molecular formula is C17H23N3O. The lowest BCUT2D eigenvalue weighted by molar-refractivity contribution is 0.167. The molecule has 1 aliphatic rings. The Morgan fingerprint density at radius 1 is 1.43 bits per heavy atom. The van der Waals surface area contributed by atoms with E-state index in [-0.39, 0.29) is 0 Å². The van der Waals surface area contributed by atoms with E-state index in [9.17, 15) is 5.11 Å². The van der Waals surface area contributed by atoms with Crippen molar-refractivity contribution < 1.29 is 5.11 Å². The number of aryl methyl sites for hydroxylation is 2. The van der Waals surface area contributed by atoms with Gasteiger partial charge in [0.05, 0.1) is 12.3 Å². The molecule has 0 fully saturated rings. The van der Waals surface area contributed by atoms with E-state index in [1.807, 2.05) is 49.1 Å². The highest BCUT2D eigenvalue weighted by Crippen LogP contribution is 2.29. The molecule has 0 bridgehead atoms. The van der Waals surface area contributed by atoms with Crippen LogP contribution in [0.15, 0.2) is 30.5 Å². The van der Waals surface area contributed by atoms with Crippen molar-refractivity contribution in [2.45, 2.75) is 38.3 Å². The van der Waals surface area contributed by atoms with Gasteiger partial charge in [0, 0.05) is 30.9 Å². The first-order valence-electron chi connectivity index (χ1n) is 7.64. The maximum absolute atomic E-state index is 10.4. The number of rotatable bonds is 4. The van der Waals surface area contributed by atoms with Gasteiger partial charge in [-0.3, -0.25) is 4.68 Å². The van der Waals surface area contributed by atoms with E-state index < -0.39 is 6.10 Å². The number of aliphatic hydroxyl groups is 1. The SMILES string of the molecule is Cc1ccccc1C(O)CNC1CCCc2c1cnn2C. The summed E-state index contributed by atoms with van der Waals surface area (Å²) in [6.07, 6.45) is 4.88. The van der Waals surface area contributed by atoms with Crippen LogP contribution in [0.3, 0.4) is 0 Å². The minimum atomic E-state index is -0.465. The molecule has 4 heteroatoms. The maximum Gasteiger partial charge on any atom is 0.0917 e. The Morgan fingerprint density at radius 2 is 2.24 bits per heavy atom. The van der Waals surface area contributed by atoms with E-state index in [2.05, 4.69) is 10.4 Å². The summed E-state index contributed by atoms with van der Waals surface area (Å²) >= 11 is 0. The highest BCUT2D eigenvalue weighted by Gasteiger charge is 2.23. The molecule has 4 nitrogen and oxygen atoms in total. The van der Waals surface area contributed by atoms with E-state index in [4.69, 9.17) is 0 Å². The van der Waals surface area contributed by atoms with Gasteiger partial charge in [-0.2, -0.15) is 5.10 Å². The van der Waals surface area contributed by atoms with Crippen LogP contribution in [-0.4, -0.2) is 21.4 Å². The first-order chi connectivity index (χ1) is 10.2. The lowest BCUT2D eigenvalue weighted by Crippen LogP contribution is -2.29. The summed E-state index contributed by atoms with van der Waals surface area (Å²) in [6.45, 7) is 2.61. The molecule has 2 N–H and O–H groups in total. The summed E-state index contributed by atoms with van der Waals surface area (Å²) in [7, 11) is 2.00. The molecule has 0 saturated carbocycles. The van der Waals surface area contributed by atoms with Crippen molar-refractivity contribution >= 4 is 0 Å². The van der Waals surface area contributed by atoms with Crippen molar-refractivity contribution in [1.29, 1.82) is 0 Å². The first kappa shape index (κ1) is 14.3. The van der Waals surface area contributed by atoms with Crippen LogP contribution < -0.4 is 5.32 Å². The van der Waals surface area contributed by atoms with Crippen LogP contribution in [0, 0.1) is 6.92 Å². The molecule has 2 unspecified atom stereocenters. The van der Waals surface area contributed by atoms with E-state index in [0.717, 1.165) is 24.0 Å². The van der Waals surface area contributed by atoms with Gasteiger partial charge in [-0.15, -0.1) is 0 Å². The molecule has 2 atom stereocenters. The number of fused-ring (bicyclic) bond motifs is 1. The molecule has 1 aromatic carbocycles. The lowest BCUT2D eigenvalue weighted by atomic mass is 9.92. The van der Waals surface area contributed by atoms with Crippen LogP contribution in [-0.2, 0) is 13.5 Å². The number of nitrogens with one attached hydrogen (secondary N) is 1. The third-order valence-electron chi connectivity index (χ3n) is 4.48. The Bertz CT molecular complexity index is 620. The second-order valence-corrected chi connectivity index (χ2v) is 5.90. The predicted octanol–water partition coefficient (Wildman–Crippen LogP) is 2.43. The van der Waals surface area contributed by atoms with Crippen molar-refractivity contribution in [3.05, 3.63) is 52.8 Å². The van der Waals surface area contributed by atoms with E-state index in [1.54, 1.807) is 0 Å². The lowest BCUT2D eigenvalue weighted by Gasteiger charge is -2.25. The van der Waals surface area contributed by atoms with E-state index >= 15 is 0 Å². The highest BCUT2D eigenvalue weighted by atomic mass is 16.3. The standard InChI is InChI=1S/C17H23N3O/c1-12-6-3-4-7-13(12)17(21)11-18-15-8-5-9-16-14(15)10-19-20(16)2/h3-4,6-7,10,15,17-18,21H,5,8-9,11H2,1-2H3. The minimum absolute atomic E-state index is 0.307. The number of aromatic nitrogens is 2. The van der Waals surface area contributed by atoms with Crippen LogP contribution in [0.25, 0.3) is 0 Å². The van der Waals surface area contributed by atoms with Gasteiger partial charge in [0.2, 0.25) is 0 Å². The molecule has 0 amide bonds. The molecule has 2 aromatic rings. The number of hydrogen-bond acceptors (Lipinski definition) is 3. The van der Waals surface area contributed by atoms with Crippen LogP contribution in [0.1, 0.15) is 47.4 Å². The second kappa shape index (κ2) is 6.00. The van der Waals surface area contributed by atoms with Crippen LogP contribution in [0.2, 0.25) is 0 Å². The fraction of sp³-hybridized carbons (Fsp3) is 0.471. The minimum Gasteiger partial charge on any atom is -0.387 e. The van der Waals surface area contributed by atoms with E-state index in [0.29, 0.717) is 12.6 Å². The van der Waals surface area contributed by atoms with Gasteiger partial charge in [0.15, 0.2) is 0 Å². The number of hydrogen-bond donors (Lipinski definition) is 2. The smallest absolute Gasteiger partial charge is 0.0917 e. The van der Waals surface area contributed by atoms with Crippen LogP contribution in [0.4, 0.5) is 0 Å². The van der Waals surface area contributed by atoms with Crippen LogP contribution in [0.5, 0.6) is 0 Å². The molecule has 1 aromatic heterocycles. The average Bonchev–Trinajstić information content (AvgIpc) is 2.87. The monoisotopic (exact) mass is 285 g/mol. The summed E-state index contributed by atoms with van der Waals surface area (Å²) in [6, 6.07) is 8.32. The highest BCUT2D eigenvalue weighted by molar-refractivity contribution is 5.28. The summed E-state index contributed by atoms with van der Waals surface area (Å²) in [5.74, 6) is 0. The molecule has 0 radical (unpaired) electrons. The molecular weight excluding hydrogens is 262 g/mol. The Hall–Kier alpha value is -1.65. The fourth-order valence-corrected chi connectivity index (χ4v) is 3.24. The third-order valence-corrected chi connectivity index (χ3v) is 4.48. The molecule has 21 heavy (non-hydrogen) atoms. The Kier molecular flexibility index (Phi) is 4.08. The predicted molar refractivity (Wildman–Crippen MR) is 83.0 cm³/mol. The topological polar surface area (TPSA) is 50.1 Å². The van der Waals surface area contributed by atoms with Crippen molar-refractivity contribution in [2.24, 2.45) is 7.05 Å². The van der Waals surface area contributed by atoms with Gasteiger partial charge in [0.25, 0.3) is 0 Å². The van der Waals surface area contributed by atoms with Gasteiger partial charge >= 0.3 is 0 Å². The summed E-state index contributed by atoms with van der Waals surface area (Å²) in [5.41, 5.74) is 4.76. The quantitative estimate of drug-likeness (QED) is 0.907. The maximum atomic E-state index is 10.4. The molecule has 0 saturated heterocycles. The van der Waals surface area contributed by atoms with Gasteiger partial charge < -0.3 is 10.4 Å². The van der Waals surface area contributed by atoms with Crippen molar-refractivity contribution in [3.8, 4) is 0 Å². The zero-order valence-corrected chi connectivity index (χ0v) is 12.7. The summed E-state index contributed by atoms with van der Waals surface area (Å²) in [5, 5.41) is 18.3. The average molecular weight is 285 g/mol. The zero-order chi connectivity index (χ0) is 14.8. The van der Waals surface area contributed by atoms with E-state index in [1.165, 1.54) is 17.7 Å². The van der Waals surface area contributed by atoms with Crippen molar-refractivity contribution in [3.63, 3.8) is 0 Å². The Balaban J connectivity index is 1.67. The zero-order valence-electron chi connectivity index (χ0n) is 12.7.